The number of nitrogen functional groups attached to an aromatic ring is 1. The zero-order chi connectivity index (χ0) is 17.6. The molecule has 3 N–H and O–H groups in total. The molecule has 3 aromatic rings. The van der Waals surface area contributed by atoms with Crippen LogP contribution in [0.25, 0.3) is 22.4 Å². The number of H-pyrrole nitrogens is 1. The maximum absolute atomic E-state index is 6.11. The van der Waals surface area contributed by atoms with E-state index in [0.29, 0.717) is 5.82 Å². The van der Waals surface area contributed by atoms with Crippen LogP contribution in [0.4, 0.5) is 5.82 Å². The number of hydrogen-bond donors (Lipinski definition) is 2. The van der Waals surface area contributed by atoms with E-state index in [0.717, 1.165) is 28.0 Å². The summed E-state index contributed by atoms with van der Waals surface area (Å²) in [6.07, 6.45) is 7.53. The summed E-state index contributed by atoms with van der Waals surface area (Å²) >= 11 is 1.74. The quantitative estimate of drug-likeness (QED) is 0.698. The fourth-order valence-corrected chi connectivity index (χ4v) is 4.74. The molecule has 1 aromatic carbocycles. The van der Waals surface area contributed by atoms with E-state index in [4.69, 9.17) is 10.5 Å². The number of nitrogens with two attached hydrogens (primary N) is 1. The molecule has 1 aliphatic carbocycles. The summed E-state index contributed by atoms with van der Waals surface area (Å²) in [5.74, 6) is 1.53. The predicted octanol–water partition coefficient (Wildman–Crippen LogP) is 4.99. The largest absolute Gasteiger partial charge is 0.496 e. The van der Waals surface area contributed by atoms with E-state index in [2.05, 4.69) is 48.3 Å². The number of nitrogens with one attached hydrogen (secondary N) is 1. The summed E-state index contributed by atoms with van der Waals surface area (Å²) in [5.41, 5.74) is 9.74. The molecule has 0 atom stereocenters. The molecular formula is C20H21N3OS. The standard InChI is InChI=1S/C20H21N3OS/c1-20(2)11-12(8-9-13-6-4-5-7-15(13)24-3)10-14-16-18(21)22-23-19(16)25-17(14)20/h4-10H,11H2,1-3H3,(H3,21,22,23)/b9-8+. The molecule has 4 rings (SSSR count). The molecule has 0 unspecified atom stereocenters. The first-order chi connectivity index (χ1) is 12.0. The van der Waals surface area contributed by atoms with Crippen molar-refractivity contribution in [2.24, 2.45) is 0 Å². The first kappa shape index (κ1) is 16.0. The minimum atomic E-state index is 0.0648. The Balaban J connectivity index is 1.78. The zero-order valence-electron chi connectivity index (χ0n) is 14.6. The Kier molecular flexibility index (Phi) is 3.69. The van der Waals surface area contributed by atoms with Crippen molar-refractivity contribution in [1.29, 1.82) is 0 Å². The van der Waals surface area contributed by atoms with E-state index in [1.165, 1.54) is 16.0 Å². The maximum atomic E-state index is 6.11. The van der Waals surface area contributed by atoms with E-state index < -0.39 is 0 Å². The summed E-state index contributed by atoms with van der Waals surface area (Å²) in [7, 11) is 1.70. The molecule has 128 valence electrons. The Bertz CT molecular complexity index is 1010. The number of thiophene rings is 1. The van der Waals surface area contributed by atoms with Crippen LogP contribution in [0.5, 0.6) is 5.75 Å². The molecule has 25 heavy (non-hydrogen) atoms. The van der Waals surface area contributed by atoms with Gasteiger partial charge in [-0.1, -0.05) is 44.2 Å². The van der Waals surface area contributed by atoms with Crippen LogP contribution in [0, 0.1) is 0 Å². The van der Waals surface area contributed by atoms with E-state index in [1.807, 2.05) is 18.2 Å². The smallest absolute Gasteiger partial charge is 0.148 e. The van der Waals surface area contributed by atoms with Crippen LogP contribution in [-0.2, 0) is 5.41 Å². The monoisotopic (exact) mass is 351 g/mol. The number of hydrogen-bond acceptors (Lipinski definition) is 4. The second-order valence-electron chi connectivity index (χ2n) is 7.02. The lowest BCUT2D eigenvalue weighted by Gasteiger charge is -2.29. The molecule has 0 saturated carbocycles. The van der Waals surface area contributed by atoms with Gasteiger partial charge < -0.3 is 10.5 Å². The van der Waals surface area contributed by atoms with Gasteiger partial charge in [0.2, 0.25) is 0 Å². The fraction of sp³-hybridized carbons (Fsp3) is 0.250. The summed E-state index contributed by atoms with van der Waals surface area (Å²) in [6.45, 7) is 4.57. The van der Waals surface area contributed by atoms with Gasteiger partial charge in [0.1, 0.15) is 16.4 Å². The van der Waals surface area contributed by atoms with Crippen molar-refractivity contribution in [2.75, 3.05) is 12.8 Å². The normalized spacial score (nSPS) is 16.2. The summed E-state index contributed by atoms with van der Waals surface area (Å²) in [6, 6.07) is 8.04. The van der Waals surface area contributed by atoms with E-state index in [9.17, 15) is 0 Å². The van der Waals surface area contributed by atoms with E-state index in [1.54, 1.807) is 18.4 Å². The van der Waals surface area contributed by atoms with Crippen molar-refractivity contribution in [3.63, 3.8) is 0 Å². The summed E-state index contributed by atoms with van der Waals surface area (Å²) in [4.78, 5) is 2.35. The first-order valence-corrected chi connectivity index (χ1v) is 9.10. The van der Waals surface area contributed by atoms with Crippen LogP contribution in [-0.4, -0.2) is 17.3 Å². The SMILES string of the molecule is COc1ccccc1/C=C/C1=Cc2c(sc3n[nH]c(N)c23)C(C)(C)C1. The Morgan fingerprint density at radius 2 is 2.08 bits per heavy atom. The Hall–Kier alpha value is -2.53. The number of rotatable bonds is 3. The van der Waals surface area contributed by atoms with Gasteiger partial charge in [-0.3, -0.25) is 5.10 Å². The molecule has 0 bridgehead atoms. The molecule has 2 aromatic heterocycles. The molecule has 4 nitrogen and oxygen atoms in total. The minimum absolute atomic E-state index is 0.0648. The van der Waals surface area contributed by atoms with Gasteiger partial charge in [-0.15, -0.1) is 11.3 Å². The first-order valence-electron chi connectivity index (χ1n) is 8.28. The highest BCUT2D eigenvalue weighted by Crippen LogP contribution is 2.47. The molecule has 1 aliphatic rings. The highest BCUT2D eigenvalue weighted by molar-refractivity contribution is 7.19. The molecule has 0 aliphatic heterocycles. The lowest BCUT2D eigenvalue weighted by Crippen LogP contribution is -2.20. The second-order valence-corrected chi connectivity index (χ2v) is 8.02. The fourth-order valence-electron chi connectivity index (χ4n) is 3.51. The number of ether oxygens (including phenoxy) is 1. The third kappa shape index (κ3) is 2.65. The second kappa shape index (κ2) is 5.77. The summed E-state index contributed by atoms with van der Waals surface area (Å²) in [5, 5.41) is 8.28. The number of aromatic amines is 1. The number of para-hydroxylation sites is 1. The number of anilines is 1. The Morgan fingerprint density at radius 1 is 1.28 bits per heavy atom. The van der Waals surface area contributed by atoms with Gasteiger partial charge in [0.05, 0.1) is 12.5 Å². The number of allylic oxidation sites excluding steroid dienone is 2. The highest BCUT2D eigenvalue weighted by atomic mass is 32.1. The third-order valence-electron chi connectivity index (χ3n) is 4.68. The van der Waals surface area contributed by atoms with Gasteiger partial charge in [-0.2, -0.15) is 5.10 Å². The van der Waals surface area contributed by atoms with Crippen molar-refractivity contribution in [3.05, 3.63) is 51.9 Å². The van der Waals surface area contributed by atoms with Crippen molar-refractivity contribution >= 4 is 39.5 Å². The Morgan fingerprint density at radius 3 is 2.88 bits per heavy atom. The van der Waals surface area contributed by atoms with E-state index >= 15 is 0 Å². The summed E-state index contributed by atoms with van der Waals surface area (Å²) < 4.78 is 5.44. The minimum Gasteiger partial charge on any atom is -0.496 e. The molecule has 5 heteroatoms. The molecule has 0 fully saturated rings. The number of benzene rings is 1. The number of methoxy groups -OCH3 is 1. The van der Waals surface area contributed by atoms with Crippen LogP contribution >= 0.6 is 11.3 Å². The van der Waals surface area contributed by atoms with Crippen molar-refractivity contribution in [3.8, 4) is 5.75 Å². The van der Waals surface area contributed by atoms with Crippen molar-refractivity contribution in [2.45, 2.75) is 25.7 Å². The van der Waals surface area contributed by atoms with Gasteiger partial charge in [0.25, 0.3) is 0 Å². The van der Waals surface area contributed by atoms with Crippen LogP contribution in [0.15, 0.2) is 35.9 Å². The molecule has 0 amide bonds. The van der Waals surface area contributed by atoms with Gasteiger partial charge in [0, 0.05) is 21.4 Å². The molecular weight excluding hydrogens is 330 g/mol. The lowest BCUT2D eigenvalue weighted by atomic mass is 9.77. The van der Waals surface area contributed by atoms with Crippen LogP contribution in [0.3, 0.4) is 0 Å². The molecule has 0 radical (unpaired) electrons. The lowest BCUT2D eigenvalue weighted by molar-refractivity contribution is 0.414. The van der Waals surface area contributed by atoms with Crippen LogP contribution < -0.4 is 10.5 Å². The van der Waals surface area contributed by atoms with Gasteiger partial charge in [0.15, 0.2) is 0 Å². The number of fused-ring (bicyclic) bond motifs is 3. The van der Waals surface area contributed by atoms with E-state index in [-0.39, 0.29) is 5.41 Å². The van der Waals surface area contributed by atoms with Gasteiger partial charge in [-0.05, 0) is 24.1 Å². The molecule has 0 spiro atoms. The predicted molar refractivity (Wildman–Crippen MR) is 106 cm³/mol. The molecule has 2 heterocycles. The Labute approximate surface area is 151 Å². The van der Waals surface area contributed by atoms with Crippen LogP contribution in [0.1, 0.15) is 36.3 Å². The number of aromatic nitrogens is 2. The number of nitrogens with zero attached hydrogens (tertiary/aromatic N) is 1. The maximum Gasteiger partial charge on any atom is 0.148 e. The highest BCUT2D eigenvalue weighted by Gasteiger charge is 2.32. The van der Waals surface area contributed by atoms with Crippen molar-refractivity contribution in [1.82, 2.24) is 10.2 Å². The third-order valence-corrected chi connectivity index (χ3v) is 6.15. The zero-order valence-corrected chi connectivity index (χ0v) is 15.4. The van der Waals surface area contributed by atoms with Crippen LogP contribution in [0.2, 0.25) is 0 Å². The van der Waals surface area contributed by atoms with Crippen molar-refractivity contribution < 1.29 is 4.74 Å². The average Bonchev–Trinajstić information content (AvgIpc) is 3.14. The van der Waals surface area contributed by atoms with Gasteiger partial charge >= 0.3 is 0 Å². The average molecular weight is 351 g/mol. The van der Waals surface area contributed by atoms with Gasteiger partial charge in [-0.25, -0.2) is 0 Å². The topological polar surface area (TPSA) is 63.9 Å². The molecule has 0 saturated heterocycles.